The van der Waals surface area contributed by atoms with Crippen molar-refractivity contribution in [1.29, 1.82) is 0 Å². The van der Waals surface area contributed by atoms with Crippen molar-refractivity contribution in [1.82, 2.24) is 4.57 Å². The van der Waals surface area contributed by atoms with E-state index in [0.29, 0.717) is 0 Å². The Morgan fingerprint density at radius 3 is 1.53 bits per heavy atom. The first kappa shape index (κ1) is 17.3. The molecule has 1 nitrogen and oxygen atoms in total. The summed E-state index contributed by atoms with van der Waals surface area (Å²) in [6.07, 6.45) is 0. The van der Waals surface area contributed by atoms with Crippen molar-refractivity contribution in [2.75, 3.05) is 0 Å². The molecule has 6 aromatic rings. The van der Waals surface area contributed by atoms with Gasteiger partial charge in [-0.2, -0.15) is 0 Å². The Hall–Kier alpha value is -3.62. The topological polar surface area (TPSA) is 4.93 Å². The van der Waals surface area contributed by atoms with Crippen LogP contribution in [0, 0.1) is 0 Å². The van der Waals surface area contributed by atoms with Crippen LogP contribution in [0.25, 0.3) is 48.4 Å². The van der Waals surface area contributed by atoms with Crippen LogP contribution in [-0.2, 0) is 0 Å². The van der Waals surface area contributed by atoms with E-state index in [1.165, 1.54) is 48.4 Å². The van der Waals surface area contributed by atoms with Crippen LogP contribution >= 0.6 is 11.3 Å². The smallest absolute Gasteiger partial charge is 0.0541 e. The molecule has 0 spiro atoms. The van der Waals surface area contributed by atoms with E-state index in [1.54, 1.807) is 0 Å². The Kier molecular flexibility index (Phi) is 4.03. The van der Waals surface area contributed by atoms with Gasteiger partial charge in [-0.15, -0.1) is 11.3 Å². The molecule has 142 valence electrons. The minimum atomic E-state index is 1.19. The molecule has 0 unspecified atom stereocenters. The molecule has 0 bridgehead atoms. The summed E-state index contributed by atoms with van der Waals surface area (Å²) in [7, 11) is 0. The molecule has 0 atom stereocenters. The summed E-state index contributed by atoms with van der Waals surface area (Å²) >= 11 is 1.84. The van der Waals surface area contributed by atoms with Gasteiger partial charge in [-0.25, -0.2) is 0 Å². The molecule has 0 radical (unpaired) electrons. The highest BCUT2D eigenvalue weighted by molar-refractivity contribution is 7.18. The van der Waals surface area contributed by atoms with Crippen molar-refractivity contribution in [2.24, 2.45) is 0 Å². The van der Waals surface area contributed by atoms with E-state index >= 15 is 0 Å². The van der Waals surface area contributed by atoms with E-state index in [1.807, 2.05) is 11.3 Å². The lowest BCUT2D eigenvalue weighted by Crippen LogP contribution is -1.93. The summed E-state index contributed by atoms with van der Waals surface area (Å²) in [5, 5.41) is 2.59. The quantitative estimate of drug-likeness (QED) is 0.282. The molecule has 4 aromatic carbocycles. The fourth-order valence-electron chi connectivity index (χ4n) is 4.23. The van der Waals surface area contributed by atoms with Gasteiger partial charge in [-0.3, -0.25) is 0 Å². The van der Waals surface area contributed by atoms with E-state index in [9.17, 15) is 0 Å². The monoisotopic (exact) mass is 401 g/mol. The lowest BCUT2D eigenvalue weighted by Gasteiger charge is -2.08. The molecule has 2 aromatic heterocycles. The number of benzene rings is 4. The van der Waals surface area contributed by atoms with E-state index in [4.69, 9.17) is 0 Å². The molecule has 2 heterocycles. The lowest BCUT2D eigenvalue weighted by atomic mass is 10.1. The van der Waals surface area contributed by atoms with Gasteiger partial charge in [0.05, 0.1) is 11.0 Å². The van der Waals surface area contributed by atoms with Crippen molar-refractivity contribution < 1.29 is 0 Å². The molecule has 0 aliphatic carbocycles. The standard InChI is InChI=1S/C28H19NS/c1-2-8-20(9-3-1)27-18-19-28(30-27)21-14-16-22(17-15-21)29-25-12-6-4-10-23(25)24-11-5-7-13-26(24)29/h1-19H. The van der Waals surface area contributed by atoms with Gasteiger partial charge in [0.15, 0.2) is 0 Å². The maximum absolute atomic E-state index is 2.36. The lowest BCUT2D eigenvalue weighted by molar-refractivity contribution is 1.18. The van der Waals surface area contributed by atoms with Crippen LogP contribution in [0.2, 0.25) is 0 Å². The second-order valence-corrected chi connectivity index (χ2v) is 8.53. The predicted octanol–water partition coefficient (Wildman–Crippen LogP) is 8.18. The molecule has 0 aliphatic rings. The Bertz CT molecular complexity index is 1420. The molecule has 2 heteroatoms. The molecule has 30 heavy (non-hydrogen) atoms. The number of hydrogen-bond acceptors (Lipinski definition) is 1. The van der Waals surface area contributed by atoms with E-state index in [0.717, 1.165) is 0 Å². The third kappa shape index (κ3) is 2.77. The SMILES string of the molecule is c1ccc(-c2ccc(-c3ccc(-n4c5ccccc5c5ccccc54)cc3)s2)cc1. The van der Waals surface area contributed by atoms with Crippen LogP contribution < -0.4 is 0 Å². The Morgan fingerprint density at radius 2 is 0.933 bits per heavy atom. The number of hydrogen-bond donors (Lipinski definition) is 0. The fraction of sp³-hybridized carbons (Fsp3) is 0. The van der Waals surface area contributed by atoms with E-state index in [-0.39, 0.29) is 0 Å². The number of para-hydroxylation sites is 2. The van der Waals surface area contributed by atoms with Crippen LogP contribution in [0.3, 0.4) is 0 Å². The maximum atomic E-state index is 2.36. The highest BCUT2D eigenvalue weighted by atomic mass is 32.1. The number of nitrogens with zero attached hydrogens (tertiary/aromatic N) is 1. The first-order valence-electron chi connectivity index (χ1n) is 10.1. The Morgan fingerprint density at radius 1 is 0.433 bits per heavy atom. The van der Waals surface area contributed by atoms with Gasteiger partial charge >= 0.3 is 0 Å². The summed E-state index contributed by atoms with van der Waals surface area (Å²) in [6, 6.07) is 41.2. The van der Waals surface area contributed by atoms with Crippen molar-refractivity contribution in [2.45, 2.75) is 0 Å². The van der Waals surface area contributed by atoms with Gasteiger partial charge < -0.3 is 4.57 Å². The molecule has 0 aliphatic heterocycles. The molecule has 0 amide bonds. The van der Waals surface area contributed by atoms with Crippen molar-refractivity contribution in [3.05, 3.63) is 115 Å². The minimum absolute atomic E-state index is 1.19. The first-order valence-corrected chi connectivity index (χ1v) is 10.9. The highest BCUT2D eigenvalue weighted by Gasteiger charge is 2.11. The van der Waals surface area contributed by atoms with Crippen molar-refractivity contribution >= 4 is 33.1 Å². The van der Waals surface area contributed by atoms with E-state index < -0.39 is 0 Å². The number of aromatic nitrogens is 1. The van der Waals surface area contributed by atoms with Crippen LogP contribution in [-0.4, -0.2) is 4.57 Å². The summed E-state index contributed by atoms with van der Waals surface area (Å²) in [6.45, 7) is 0. The van der Waals surface area contributed by atoms with Gasteiger partial charge in [0.2, 0.25) is 0 Å². The average Bonchev–Trinajstić information content (AvgIpc) is 3.43. The summed E-state index contributed by atoms with van der Waals surface area (Å²) < 4.78 is 2.36. The second-order valence-electron chi connectivity index (χ2n) is 7.45. The van der Waals surface area contributed by atoms with E-state index in [2.05, 4.69) is 120 Å². The molecule has 0 saturated heterocycles. The Labute approximate surface area is 179 Å². The van der Waals surface area contributed by atoms with Crippen molar-refractivity contribution in [3.8, 4) is 26.6 Å². The third-order valence-corrected chi connectivity index (χ3v) is 6.84. The maximum Gasteiger partial charge on any atom is 0.0541 e. The molecule has 6 rings (SSSR count). The normalized spacial score (nSPS) is 11.3. The third-order valence-electron chi connectivity index (χ3n) is 5.65. The van der Waals surface area contributed by atoms with Gasteiger partial charge in [0.1, 0.15) is 0 Å². The minimum Gasteiger partial charge on any atom is -0.309 e. The van der Waals surface area contributed by atoms with Gasteiger partial charge in [-0.1, -0.05) is 78.9 Å². The van der Waals surface area contributed by atoms with Crippen LogP contribution in [0.5, 0.6) is 0 Å². The van der Waals surface area contributed by atoms with Gasteiger partial charge in [-0.05, 0) is 47.5 Å². The van der Waals surface area contributed by atoms with Crippen LogP contribution in [0.1, 0.15) is 0 Å². The number of rotatable bonds is 3. The Balaban J connectivity index is 1.43. The highest BCUT2D eigenvalue weighted by Crippen LogP contribution is 2.36. The van der Waals surface area contributed by atoms with Crippen molar-refractivity contribution in [3.63, 3.8) is 0 Å². The molecular weight excluding hydrogens is 382 g/mol. The second kappa shape index (κ2) is 7.01. The summed E-state index contributed by atoms with van der Waals surface area (Å²) in [5.74, 6) is 0. The van der Waals surface area contributed by atoms with Gasteiger partial charge in [0.25, 0.3) is 0 Å². The molecule has 0 fully saturated rings. The molecule has 0 N–H and O–H groups in total. The average molecular weight is 402 g/mol. The first-order chi connectivity index (χ1) is 14.9. The summed E-state index contributed by atoms with van der Waals surface area (Å²) in [4.78, 5) is 2.60. The van der Waals surface area contributed by atoms with Gasteiger partial charge in [0, 0.05) is 26.2 Å². The summed E-state index contributed by atoms with van der Waals surface area (Å²) in [5.41, 5.74) is 6.21. The number of fused-ring (bicyclic) bond motifs is 3. The zero-order valence-corrected chi connectivity index (χ0v) is 17.1. The zero-order chi connectivity index (χ0) is 19.9. The largest absolute Gasteiger partial charge is 0.309 e. The fourth-order valence-corrected chi connectivity index (χ4v) is 5.24. The van der Waals surface area contributed by atoms with Crippen LogP contribution in [0.4, 0.5) is 0 Å². The van der Waals surface area contributed by atoms with Crippen LogP contribution in [0.15, 0.2) is 115 Å². The zero-order valence-electron chi connectivity index (χ0n) is 16.3. The molecule has 0 saturated carbocycles. The predicted molar refractivity (Wildman–Crippen MR) is 130 cm³/mol. The number of thiophene rings is 1. The molecular formula is C28H19NS.